The number of hydrogen-bond acceptors (Lipinski definition) is 3. The van der Waals surface area contributed by atoms with Crippen molar-refractivity contribution in [3.8, 4) is 0 Å². The van der Waals surface area contributed by atoms with Gasteiger partial charge in [0.05, 0.1) is 5.92 Å². The summed E-state index contributed by atoms with van der Waals surface area (Å²) in [6.07, 6.45) is 3.51. The standard InChI is InChI=1S/C18H24N2O3/c1-13-7-8-15(17(21)19-16-9-10-16)11-20(13)18(22)23-12-14-5-3-2-4-6-14/h2-6,13,15-16H,7-12H2,1H3,(H,19,21)/t13-,15+/m1/s1. The SMILES string of the molecule is C[C@@H]1CC[C@H](C(=O)NC2CC2)CN1C(=O)OCc1ccccc1. The second kappa shape index (κ2) is 7.02. The molecule has 0 unspecified atom stereocenters. The van der Waals surface area contributed by atoms with Crippen LogP contribution < -0.4 is 5.32 Å². The van der Waals surface area contributed by atoms with Crippen LogP contribution in [0.1, 0.15) is 38.2 Å². The molecular formula is C18H24N2O3. The lowest BCUT2D eigenvalue weighted by molar-refractivity contribution is -0.127. The molecule has 3 rings (SSSR count). The Labute approximate surface area is 137 Å². The Bertz CT molecular complexity index is 557. The van der Waals surface area contributed by atoms with Gasteiger partial charge in [0.2, 0.25) is 5.91 Å². The van der Waals surface area contributed by atoms with Gasteiger partial charge in [-0.25, -0.2) is 4.79 Å². The lowest BCUT2D eigenvalue weighted by atomic mass is 9.93. The van der Waals surface area contributed by atoms with Crippen LogP contribution in [-0.2, 0) is 16.1 Å². The molecule has 0 radical (unpaired) electrons. The fourth-order valence-corrected chi connectivity index (χ4v) is 2.92. The van der Waals surface area contributed by atoms with E-state index < -0.39 is 0 Å². The molecule has 124 valence electrons. The fraction of sp³-hybridized carbons (Fsp3) is 0.556. The Morgan fingerprint density at radius 1 is 1.17 bits per heavy atom. The number of amides is 2. The van der Waals surface area contributed by atoms with Crippen molar-refractivity contribution in [3.63, 3.8) is 0 Å². The number of likely N-dealkylation sites (tertiary alicyclic amines) is 1. The van der Waals surface area contributed by atoms with E-state index in [0.717, 1.165) is 31.2 Å². The highest BCUT2D eigenvalue weighted by molar-refractivity contribution is 5.80. The van der Waals surface area contributed by atoms with Crippen LogP contribution in [0.2, 0.25) is 0 Å². The molecule has 1 aliphatic heterocycles. The Balaban J connectivity index is 1.53. The van der Waals surface area contributed by atoms with E-state index in [4.69, 9.17) is 4.74 Å². The van der Waals surface area contributed by atoms with E-state index in [-0.39, 0.29) is 30.6 Å². The van der Waals surface area contributed by atoms with E-state index >= 15 is 0 Å². The summed E-state index contributed by atoms with van der Waals surface area (Å²) >= 11 is 0. The first-order chi connectivity index (χ1) is 11.1. The van der Waals surface area contributed by atoms with Crippen molar-refractivity contribution < 1.29 is 14.3 Å². The van der Waals surface area contributed by atoms with Crippen molar-refractivity contribution in [2.24, 2.45) is 5.92 Å². The zero-order valence-corrected chi connectivity index (χ0v) is 13.5. The highest BCUT2D eigenvalue weighted by Crippen LogP contribution is 2.25. The summed E-state index contributed by atoms with van der Waals surface area (Å²) in [5.74, 6) is -0.0312. The van der Waals surface area contributed by atoms with Crippen LogP contribution in [-0.4, -0.2) is 35.5 Å². The van der Waals surface area contributed by atoms with Crippen molar-refractivity contribution in [2.45, 2.75) is 51.3 Å². The van der Waals surface area contributed by atoms with E-state index in [1.807, 2.05) is 37.3 Å². The Hall–Kier alpha value is -2.04. The van der Waals surface area contributed by atoms with E-state index in [2.05, 4.69) is 5.32 Å². The number of hydrogen-bond donors (Lipinski definition) is 1. The number of ether oxygens (including phenoxy) is 1. The number of nitrogens with zero attached hydrogens (tertiary/aromatic N) is 1. The largest absolute Gasteiger partial charge is 0.445 e. The molecule has 2 aliphatic rings. The van der Waals surface area contributed by atoms with Gasteiger partial charge in [0.15, 0.2) is 0 Å². The van der Waals surface area contributed by atoms with E-state index in [1.54, 1.807) is 4.90 Å². The first kappa shape index (κ1) is 15.8. The number of piperidine rings is 1. The second-order valence-electron chi connectivity index (χ2n) is 6.60. The summed E-state index contributed by atoms with van der Waals surface area (Å²) in [4.78, 5) is 26.3. The van der Waals surface area contributed by atoms with Crippen LogP contribution in [0.3, 0.4) is 0 Å². The van der Waals surface area contributed by atoms with E-state index in [9.17, 15) is 9.59 Å². The predicted octanol–water partition coefficient (Wildman–Crippen LogP) is 2.70. The lowest BCUT2D eigenvalue weighted by Gasteiger charge is -2.36. The topological polar surface area (TPSA) is 58.6 Å². The Morgan fingerprint density at radius 3 is 2.61 bits per heavy atom. The molecule has 5 nitrogen and oxygen atoms in total. The number of rotatable bonds is 4. The molecule has 2 amide bonds. The van der Waals surface area contributed by atoms with Gasteiger partial charge in [0, 0.05) is 18.6 Å². The monoisotopic (exact) mass is 316 g/mol. The number of benzene rings is 1. The molecule has 1 heterocycles. The normalized spacial score (nSPS) is 24.1. The molecule has 23 heavy (non-hydrogen) atoms. The lowest BCUT2D eigenvalue weighted by Crippen LogP contribution is -2.49. The molecule has 1 saturated carbocycles. The average Bonchev–Trinajstić information content (AvgIpc) is 3.38. The van der Waals surface area contributed by atoms with Crippen molar-refractivity contribution in [1.29, 1.82) is 0 Å². The number of carbonyl (C=O) groups is 2. The van der Waals surface area contributed by atoms with Crippen molar-refractivity contribution >= 4 is 12.0 Å². The highest BCUT2D eigenvalue weighted by Gasteiger charge is 2.35. The average molecular weight is 316 g/mol. The minimum absolute atomic E-state index is 0.0836. The van der Waals surface area contributed by atoms with Gasteiger partial charge in [-0.1, -0.05) is 30.3 Å². The number of carbonyl (C=O) groups excluding carboxylic acids is 2. The third kappa shape index (κ3) is 4.24. The Kier molecular flexibility index (Phi) is 4.84. The molecule has 0 aromatic heterocycles. The molecule has 0 bridgehead atoms. The van der Waals surface area contributed by atoms with Gasteiger partial charge in [0.25, 0.3) is 0 Å². The molecule has 1 N–H and O–H groups in total. The van der Waals surface area contributed by atoms with Crippen LogP contribution in [0.4, 0.5) is 4.79 Å². The smallest absolute Gasteiger partial charge is 0.410 e. The molecule has 1 saturated heterocycles. The molecule has 2 atom stereocenters. The summed E-state index contributed by atoms with van der Waals surface area (Å²) in [6.45, 7) is 2.73. The van der Waals surface area contributed by atoms with Gasteiger partial charge in [0.1, 0.15) is 6.61 Å². The van der Waals surface area contributed by atoms with Gasteiger partial charge >= 0.3 is 6.09 Å². The van der Waals surface area contributed by atoms with Gasteiger partial charge in [-0.05, 0) is 38.2 Å². The van der Waals surface area contributed by atoms with Crippen LogP contribution >= 0.6 is 0 Å². The van der Waals surface area contributed by atoms with E-state index in [0.29, 0.717) is 12.6 Å². The van der Waals surface area contributed by atoms with Gasteiger partial charge in [-0.2, -0.15) is 0 Å². The van der Waals surface area contributed by atoms with Crippen LogP contribution in [0.5, 0.6) is 0 Å². The molecule has 0 spiro atoms. The fourth-order valence-electron chi connectivity index (χ4n) is 2.92. The molecule has 2 fully saturated rings. The molecule has 1 aliphatic carbocycles. The summed E-state index contributed by atoms with van der Waals surface area (Å²) in [7, 11) is 0. The minimum atomic E-state index is -0.328. The minimum Gasteiger partial charge on any atom is -0.445 e. The van der Waals surface area contributed by atoms with Crippen molar-refractivity contribution in [2.75, 3.05) is 6.54 Å². The maximum Gasteiger partial charge on any atom is 0.410 e. The first-order valence-corrected chi connectivity index (χ1v) is 8.41. The highest BCUT2D eigenvalue weighted by atomic mass is 16.6. The zero-order chi connectivity index (χ0) is 16.2. The third-order valence-corrected chi connectivity index (χ3v) is 4.62. The molecular weight excluding hydrogens is 292 g/mol. The van der Waals surface area contributed by atoms with Crippen LogP contribution in [0.15, 0.2) is 30.3 Å². The summed E-state index contributed by atoms with van der Waals surface area (Å²) in [5, 5.41) is 3.04. The Morgan fingerprint density at radius 2 is 1.91 bits per heavy atom. The predicted molar refractivity (Wildman–Crippen MR) is 86.7 cm³/mol. The second-order valence-corrected chi connectivity index (χ2v) is 6.60. The van der Waals surface area contributed by atoms with Crippen LogP contribution in [0.25, 0.3) is 0 Å². The quantitative estimate of drug-likeness (QED) is 0.929. The first-order valence-electron chi connectivity index (χ1n) is 8.41. The molecule has 1 aromatic rings. The maximum absolute atomic E-state index is 12.4. The molecule has 1 aromatic carbocycles. The third-order valence-electron chi connectivity index (χ3n) is 4.62. The van der Waals surface area contributed by atoms with Crippen LogP contribution in [0, 0.1) is 5.92 Å². The summed E-state index contributed by atoms with van der Waals surface area (Å²) < 4.78 is 5.41. The van der Waals surface area contributed by atoms with Crippen molar-refractivity contribution in [3.05, 3.63) is 35.9 Å². The van der Waals surface area contributed by atoms with Gasteiger partial charge in [-0.15, -0.1) is 0 Å². The van der Waals surface area contributed by atoms with Gasteiger partial charge < -0.3 is 15.0 Å². The van der Waals surface area contributed by atoms with Crippen molar-refractivity contribution in [1.82, 2.24) is 10.2 Å². The van der Waals surface area contributed by atoms with Gasteiger partial charge in [-0.3, -0.25) is 4.79 Å². The van der Waals surface area contributed by atoms with E-state index in [1.165, 1.54) is 0 Å². The summed E-state index contributed by atoms with van der Waals surface area (Å²) in [5.41, 5.74) is 0.966. The molecule has 5 heteroatoms. The number of nitrogens with one attached hydrogen (secondary N) is 1. The maximum atomic E-state index is 12.4. The summed E-state index contributed by atoms with van der Waals surface area (Å²) in [6, 6.07) is 10.1. The zero-order valence-electron chi connectivity index (χ0n) is 13.5.